The zero-order valence-electron chi connectivity index (χ0n) is 7.60. The molecule has 0 heterocycles. The van der Waals surface area contributed by atoms with E-state index in [-0.39, 0.29) is 11.8 Å². The highest BCUT2D eigenvalue weighted by atomic mass is 32.3. The fourth-order valence-corrected chi connectivity index (χ4v) is 2.44. The summed E-state index contributed by atoms with van der Waals surface area (Å²) in [4.78, 5) is 0. The molecule has 0 spiro atoms. The molecule has 0 aliphatic rings. The van der Waals surface area contributed by atoms with Gasteiger partial charge in [0.15, 0.2) is 0 Å². The van der Waals surface area contributed by atoms with Gasteiger partial charge in [0.2, 0.25) is 0 Å². The second-order valence-corrected chi connectivity index (χ2v) is 6.61. The fourth-order valence-electron chi connectivity index (χ4n) is 0.897. The molecule has 3 heteroatoms. The van der Waals surface area contributed by atoms with Crippen LogP contribution in [-0.4, -0.2) is 18.3 Å². The zero-order valence-corrected chi connectivity index (χ0v) is 8.41. The SMILES string of the molecule is CC(C#N)C(C)CS(C)(C)F. The minimum Gasteiger partial charge on any atom is -0.198 e. The first-order valence-corrected chi connectivity index (χ1v) is 6.19. The Labute approximate surface area is 70.2 Å². The summed E-state index contributed by atoms with van der Waals surface area (Å²) in [7, 11) is -1.93. The molecule has 0 radical (unpaired) electrons. The minimum atomic E-state index is -1.93. The van der Waals surface area contributed by atoms with E-state index in [1.54, 1.807) is 12.5 Å². The molecule has 0 fully saturated rings. The van der Waals surface area contributed by atoms with Crippen molar-refractivity contribution < 1.29 is 3.89 Å². The summed E-state index contributed by atoms with van der Waals surface area (Å²) in [6.45, 7) is 3.78. The highest BCUT2D eigenvalue weighted by molar-refractivity contribution is 8.28. The number of halogens is 1. The Morgan fingerprint density at radius 2 is 1.91 bits per heavy atom. The van der Waals surface area contributed by atoms with E-state index >= 15 is 0 Å². The number of hydrogen-bond acceptors (Lipinski definition) is 1. The van der Waals surface area contributed by atoms with E-state index < -0.39 is 10.4 Å². The predicted octanol–water partition coefficient (Wildman–Crippen LogP) is 2.73. The molecule has 0 amide bonds. The summed E-state index contributed by atoms with van der Waals surface area (Å²) in [5, 5.41) is 8.54. The van der Waals surface area contributed by atoms with Crippen LogP contribution < -0.4 is 0 Å². The van der Waals surface area contributed by atoms with Crippen molar-refractivity contribution in [2.45, 2.75) is 13.8 Å². The normalized spacial score (nSPS) is 18.5. The average molecular weight is 177 g/mol. The van der Waals surface area contributed by atoms with Gasteiger partial charge in [-0.25, -0.2) is 0 Å². The lowest BCUT2D eigenvalue weighted by Crippen LogP contribution is -2.13. The van der Waals surface area contributed by atoms with Crippen molar-refractivity contribution in [2.75, 3.05) is 18.3 Å². The minimum absolute atomic E-state index is 0.0301. The van der Waals surface area contributed by atoms with Crippen LogP contribution in [0, 0.1) is 23.2 Å². The second-order valence-electron chi connectivity index (χ2n) is 3.47. The van der Waals surface area contributed by atoms with Gasteiger partial charge < -0.3 is 0 Å². The Hall–Kier alpha value is -0.230. The molecule has 0 aromatic heterocycles. The largest absolute Gasteiger partial charge is 0.198 e. The molecule has 11 heavy (non-hydrogen) atoms. The van der Waals surface area contributed by atoms with Crippen molar-refractivity contribution in [2.24, 2.45) is 11.8 Å². The van der Waals surface area contributed by atoms with Crippen molar-refractivity contribution in [1.29, 1.82) is 5.26 Å². The van der Waals surface area contributed by atoms with Crippen LogP contribution in [0.15, 0.2) is 0 Å². The van der Waals surface area contributed by atoms with Crippen LogP contribution >= 0.6 is 10.4 Å². The Morgan fingerprint density at radius 3 is 2.18 bits per heavy atom. The molecule has 0 saturated carbocycles. The maximum atomic E-state index is 13.1. The van der Waals surface area contributed by atoms with Crippen LogP contribution in [0.5, 0.6) is 0 Å². The van der Waals surface area contributed by atoms with Gasteiger partial charge in [0.05, 0.1) is 6.07 Å². The molecular weight excluding hydrogens is 161 g/mol. The highest BCUT2D eigenvalue weighted by Crippen LogP contribution is 2.44. The van der Waals surface area contributed by atoms with Crippen molar-refractivity contribution in [1.82, 2.24) is 0 Å². The first kappa shape index (κ1) is 10.8. The third-order valence-corrected chi connectivity index (χ3v) is 3.03. The summed E-state index contributed by atoms with van der Waals surface area (Å²) in [6.07, 6.45) is 3.27. The summed E-state index contributed by atoms with van der Waals surface area (Å²) < 4.78 is 13.1. The molecule has 2 unspecified atom stereocenters. The fraction of sp³-hybridized carbons (Fsp3) is 0.875. The molecular formula is C8H16FNS. The van der Waals surface area contributed by atoms with Gasteiger partial charge in [0.25, 0.3) is 0 Å². The van der Waals surface area contributed by atoms with Crippen molar-refractivity contribution in [3.8, 4) is 6.07 Å². The molecule has 0 aliphatic carbocycles. The molecule has 0 saturated heterocycles. The highest BCUT2D eigenvalue weighted by Gasteiger charge is 2.18. The lowest BCUT2D eigenvalue weighted by Gasteiger charge is -2.25. The number of rotatable bonds is 3. The van der Waals surface area contributed by atoms with Gasteiger partial charge in [-0.1, -0.05) is 17.3 Å². The van der Waals surface area contributed by atoms with Gasteiger partial charge in [-0.3, -0.25) is 0 Å². The first-order valence-electron chi connectivity index (χ1n) is 3.67. The third-order valence-electron chi connectivity index (χ3n) is 1.72. The number of hydrogen-bond donors (Lipinski definition) is 0. The van der Waals surface area contributed by atoms with Gasteiger partial charge in [0, 0.05) is 11.7 Å². The first-order chi connectivity index (χ1) is 4.87. The molecule has 0 bridgehead atoms. The molecule has 2 atom stereocenters. The van der Waals surface area contributed by atoms with Crippen LogP contribution in [0.4, 0.5) is 3.89 Å². The van der Waals surface area contributed by atoms with Gasteiger partial charge in [-0.15, -0.1) is 0 Å². The topological polar surface area (TPSA) is 23.8 Å². The summed E-state index contributed by atoms with van der Waals surface area (Å²) in [5.41, 5.74) is 0. The second kappa shape index (κ2) is 3.96. The monoisotopic (exact) mass is 177 g/mol. The van der Waals surface area contributed by atoms with Gasteiger partial charge in [0.1, 0.15) is 0 Å². The Morgan fingerprint density at radius 1 is 1.45 bits per heavy atom. The lowest BCUT2D eigenvalue weighted by atomic mass is 10.0. The van der Waals surface area contributed by atoms with E-state index in [0.29, 0.717) is 5.75 Å². The Kier molecular flexibility index (Phi) is 3.88. The van der Waals surface area contributed by atoms with Gasteiger partial charge in [-0.05, 0) is 25.4 Å². The van der Waals surface area contributed by atoms with Crippen molar-refractivity contribution in [3.63, 3.8) is 0 Å². The molecule has 66 valence electrons. The van der Waals surface area contributed by atoms with E-state index in [1.165, 1.54) is 0 Å². The van der Waals surface area contributed by atoms with Crippen LogP contribution in [-0.2, 0) is 0 Å². The summed E-state index contributed by atoms with van der Waals surface area (Å²) >= 11 is 0. The maximum absolute atomic E-state index is 13.1. The van der Waals surface area contributed by atoms with E-state index in [1.807, 2.05) is 13.8 Å². The molecule has 0 aromatic carbocycles. The molecule has 1 nitrogen and oxygen atoms in total. The van der Waals surface area contributed by atoms with E-state index in [9.17, 15) is 3.89 Å². The van der Waals surface area contributed by atoms with Gasteiger partial charge in [-0.2, -0.15) is 9.15 Å². The number of nitriles is 1. The van der Waals surface area contributed by atoms with Crippen molar-refractivity contribution in [3.05, 3.63) is 0 Å². The molecule has 0 aromatic rings. The smallest absolute Gasteiger partial charge is 0.0655 e. The summed E-state index contributed by atoms with van der Waals surface area (Å²) in [5.74, 6) is 0.689. The van der Waals surface area contributed by atoms with Crippen LogP contribution in [0.2, 0.25) is 0 Å². The lowest BCUT2D eigenvalue weighted by molar-refractivity contribution is 0.517. The molecule has 0 rings (SSSR count). The predicted molar refractivity (Wildman–Crippen MR) is 49.4 cm³/mol. The van der Waals surface area contributed by atoms with Crippen LogP contribution in [0.25, 0.3) is 0 Å². The van der Waals surface area contributed by atoms with E-state index in [2.05, 4.69) is 6.07 Å². The van der Waals surface area contributed by atoms with Crippen LogP contribution in [0.1, 0.15) is 13.8 Å². The van der Waals surface area contributed by atoms with E-state index in [0.717, 1.165) is 0 Å². The molecule has 0 N–H and O–H groups in total. The quantitative estimate of drug-likeness (QED) is 0.650. The van der Waals surface area contributed by atoms with E-state index in [4.69, 9.17) is 5.26 Å². The average Bonchev–Trinajstić information content (AvgIpc) is 1.82. The van der Waals surface area contributed by atoms with Gasteiger partial charge >= 0.3 is 0 Å². The Balaban J connectivity index is 3.90. The Bertz CT molecular complexity index is 156. The maximum Gasteiger partial charge on any atom is 0.0655 e. The van der Waals surface area contributed by atoms with Crippen LogP contribution in [0.3, 0.4) is 0 Å². The standard InChI is InChI=1S/C8H16FNS/c1-7(5-10)8(2)6-11(3,4)9/h7-8H,6H2,1-4H3. The zero-order chi connectivity index (χ0) is 9.07. The summed E-state index contributed by atoms with van der Waals surface area (Å²) in [6, 6.07) is 2.13. The third kappa shape index (κ3) is 5.09. The molecule has 0 aliphatic heterocycles. The number of nitrogens with zero attached hydrogens (tertiary/aromatic N) is 1. The van der Waals surface area contributed by atoms with Crippen molar-refractivity contribution >= 4 is 10.4 Å².